The highest BCUT2D eigenvalue weighted by atomic mass is 16.5. The first-order valence-corrected chi connectivity index (χ1v) is 11.0. The first kappa shape index (κ1) is 23.9. The van der Waals surface area contributed by atoms with Crippen molar-refractivity contribution in [3.8, 4) is 5.75 Å². The minimum absolute atomic E-state index is 0.102. The van der Waals surface area contributed by atoms with Gasteiger partial charge in [0.25, 0.3) is 11.8 Å². The summed E-state index contributed by atoms with van der Waals surface area (Å²) in [7, 11) is 1.60. The molecule has 1 aliphatic carbocycles. The van der Waals surface area contributed by atoms with Gasteiger partial charge in [0.2, 0.25) is 0 Å². The number of amides is 2. The van der Waals surface area contributed by atoms with Gasteiger partial charge >= 0.3 is 0 Å². The number of carbonyl (C=O) groups excluding carboxylic acids is 2. The molecule has 0 atom stereocenters. The molecule has 4 N–H and O–H groups in total. The molecule has 6 nitrogen and oxygen atoms in total. The molecule has 0 radical (unpaired) electrons. The molecule has 0 bridgehead atoms. The minimum Gasteiger partial charge on any atom is -0.497 e. The Morgan fingerprint density at radius 2 is 1.94 bits per heavy atom. The van der Waals surface area contributed by atoms with Gasteiger partial charge in [-0.15, -0.1) is 0 Å². The molecule has 0 aliphatic heterocycles. The largest absolute Gasteiger partial charge is 0.497 e. The maximum absolute atomic E-state index is 12.6. The second kappa shape index (κ2) is 11.2. The Kier molecular flexibility index (Phi) is 8.08. The van der Waals surface area contributed by atoms with Crippen molar-refractivity contribution in [3.63, 3.8) is 0 Å². The molecule has 0 saturated heterocycles. The number of ether oxygens (including phenoxy) is 1. The summed E-state index contributed by atoms with van der Waals surface area (Å²) in [6, 6.07) is 13.0. The van der Waals surface area contributed by atoms with E-state index in [2.05, 4.69) is 17.2 Å². The van der Waals surface area contributed by atoms with E-state index in [4.69, 9.17) is 10.5 Å². The molecule has 2 aromatic carbocycles. The van der Waals surface area contributed by atoms with Gasteiger partial charge in [0.15, 0.2) is 0 Å². The summed E-state index contributed by atoms with van der Waals surface area (Å²) in [5.74, 6) is 0.981. The van der Waals surface area contributed by atoms with E-state index in [1.54, 1.807) is 31.4 Å². The van der Waals surface area contributed by atoms with Crippen molar-refractivity contribution in [1.29, 1.82) is 0 Å². The Morgan fingerprint density at radius 1 is 1.15 bits per heavy atom. The van der Waals surface area contributed by atoms with Crippen molar-refractivity contribution < 1.29 is 14.3 Å². The van der Waals surface area contributed by atoms with E-state index < -0.39 is 0 Å². The van der Waals surface area contributed by atoms with Gasteiger partial charge in [-0.05, 0) is 73.2 Å². The highest BCUT2D eigenvalue weighted by Crippen LogP contribution is 2.27. The van der Waals surface area contributed by atoms with Gasteiger partial charge in [0.1, 0.15) is 5.75 Å². The Labute approximate surface area is 195 Å². The Balaban J connectivity index is 1.68. The fourth-order valence-corrected chi connectivity index (χ4v) is 3.31. The molecule has 2 amide bonds. The summed E-state index contributed by atoms with van der Waals surface area (Å²) in [5, 5.41) is 5.84. The normalized spacial score (nSPS) is 13.9. The van der Waals surface area contributed by atoms with E-state index in [9.17, 15) is 9.59 Å². The van der Waals surface area contributed by atoms with Crippen LogP contribution in [0.2, 0.25) is 0 Å². The predicted octanol–water partition coefficient (Wildman–Crippen LogP) is 3.87. The molecule has 0 unspecified atom stereocenters. The molecular formula is C27H31N3O3. The van der Waals surface area contributed by atoms with Crippen LogP contribution in [0.15, 0.2) is 72.8 Å². The molecule has 0 spiro atoms. The number of hydrogen-bond donors (Lipinski definition) is 3. The lowest BCUT2D eigenvalue weighted by Crippen LogP contribution is -2.25. The Bertz CT molecular complexity index is 1100. The molecule has 2 aromatic rings. The number of benzene rings is 2. The summed E-state index contributed by atoms with van der Waals surface area (Å²) in [6.45, 7) is 6.74. The average Bonchev–Trinajstić information content (AvgIpc) is 3.66. The summed E-state index contributed by atoms with van der Waals surface area (Å²) in [6.07, 6.45) is 7.14. The van der Waals surface area contributed by atoms with Gasteiger partial charge in [-0.3, -0.25) is 9.59 Å². The van der Waals surface area contributed by atoms with E-state index in [0.29, 0.717) is 35.8 Å². The van der Waals surface area contributed by atoms with Crippen LogP contribution in [0, 0.1) is 12.8 Å². The fraction of sp³-hybridized carbons (Fsp3) is 0.259. The third kappa shape index (κ3) is 6.84. The van der Waals surface area contributed by atoms with E-state index in [0.717, 1.165) is 22.4 Å². The molecule has 172 valence electrons. The van der Waals surface area contributed by atoms with Crippen LogP contribution in [0.25, 0.3) is 5.70 Å². The smallest absolute Gasteiger partial charge is 0.251 e. The SMILES string of the molecule is C=C/C(=C\C=C(/N)c1cc(C(=O)NCC2CC2)ccc1C)C(=O)NCc1cccc(OC)c1. The number of allylic oxidation sites excluding steroid dienone is 2. The summed E-state index contributed by atoms with van der Waals surface area (Å²) >= 11 is 0. The predicted molar refractivity (Wildman–Crippen MR) is 132 cm³/mol. The number of nitrogens with one attached hydrogen (secondary N) is 2. The zero-order chi connectivity index (χ0) is 23.8. The number of nitrogens with two attached hydrogens (primary N) is 1. The van der Waals surface area contributed by atoms with Crippen LogP contribution in [-0.2, 0) is 11.3 Å². The quantitative estimate of drug-likeness (QED) is 0.382. The van der Waals surface area contributed by atoms with Crippen LogP contribution in [0.5, 0.6) is 5.75 Å². The molecule has 0 aromatic heterocycles. The van der Waals surface area contributed by atoms with Crippen LogP contribution in [0.1, 0.15) is 39.9 Å². The lowest BCUT2D eigenvalue weighted by atomic mass is 10.0. The van der Waals surface area contributed by atoms with Crippen LogP contribution in [-0.4, -0.2) is 25.5 Å². The van der Waals surface area contributed by atoms with E-state index >= 15 is 0 Å². The van der Waals surface area contributed by atoms with Crippen molar-refractivity contribution in [2.75, 3.05) is 13.7 Å². The number of rotatable bonds is 10. The number of carbonyl (C=O) groups is 2. The third-order valence-electron chi connectivity index (χ3n) is 5.57. The molecule has 6 heteroatoms. The molecule has 3 rings (SSSR count). The standard InChI is InChI=1S/C27H31N3O3/c1-4-21(26(31)30-17-20-6-5-7-23(14-20)33-3)12-13-25(28)24-15-22(11-8-18(24)2)27(32)29-16-19-9-10-19/h4-8,11-15,19H,1,9-10,16-17,28H2,2-3H3,(H,29,32)(H,30,31)/b21-12+,25-13-. The molecular weight excluding hydrogens is 414 g/mol. The van der Waals surface area contributed by atoms with E-state index in [1.807, 2.05) is 37.3 Å². The lowest BCUT2D eigenvalue weighted by Gasteiger charge is -2.10. The zero-order valence-electron chi connectivity index (χ0n) is 19.2. The highest BCUT2D eigenvalue weighted by Gasteiger charge is 2.22. The van der Waals surface area contributed by atoms with Crippen molar-refractivity contribution >= 4 is 17.5 Å². The van der Waals surface area contributed by atoms with Crippen molar-refractivity contribution in [2.24, 2.45) is 11.7 Å². The summed E-state index contributed by atoms with van der Waals surface area (Å²) < 4.78 is 5.21. The van der Waals surface area contributed by atoms with Crippen LogP contribution in [0.4, 0.5) is 0 Å². The van der Waals surface area contributed by atoms with Crippen molar-refractivity contribution in [2.45, 2.75) is 26.3 Å². The number of methoxy groups -OCH3 is 1. The highest BCUT2D eigenvalue weighted by molar-refractivity contribution is 5.97. The minimum atomic E-state index is -0.262. The second-order valence-corrected chi connectivity index (χ2v) is 8.17. The third-order valence-corrected chi connectivity index (χ3v) is 5.57. The van der Waals surface area contributed by atoms with E-state index in [1.165, 1.54) is 18.9 Å². The second-order valence-electron chi connectivity index (χ2n) is 8.17. The summed E-state index contributed by atoms with van der Waals surface area (Å²) in [5.41, 5.74) is 10.3. The monoisotopic (exact) mass is 445 g/mol. The molecule has 33 heavy (non-hydrogen) atoms. The van der Waals surface area contributed by atoms with Gasteiger partial charge < -0.3 is 21.1 Å². The summed E-state index contributed by atoms with van der Waals surface area (Å²) in [4.78, 5) is 25.0. The molecule has 1 aliphatic rings. The van der Waals surface area contributed by atoms with Gasteiger partial charge in [-0.2, -0.15) is 0 Å². The van der Waals surface area contributed by atoms with Crippen LogP contribution < -0.4 is 21.1 Å². The first-order valence-electron chi connectivity index (χ1n) is 11.0. The Hall–Kier alpha value is -3.80. The first-order chi connectivity index (χ1) is 15.9. The number of aryl methyl sites for hydroxylation is 1. The molecule has 0 heterocycles. The van der Waals surface area contributed by atoms with Gasteiger partial charge in [0, 0.05) is 35.5 Å². The zero-order valence-corrected chi connectivity index (χ0v) is 19.2. The maximum Gasteiger partial charge on any atom is 0.251 e. The van der Waals surface area contributed by atoms with Gasteiger partial charge in [0.05, 0.1) is 7.11 Å². The lowest BCUT2D eigenvalue weighted by molar-refractivity contribution is -0.117. The maximum atomic E-state index is 12.6. The number of hydrogen-bond acceptors (Lipinski definition) is 4. The van der Waals surface area contributed by atoms with Crippen LogP contribution in [0.3, 0.4) is 0 Å². The fourth-order valence-electron chi connectivity index (χ4n) is 3.31. The van der Waals surface area contributed by atoms with Crippen molar-refractivity contribution in [1.82, 2.24) is 10.6 Å². The van der Waals surface area contributed by atoms with Crippen LogP contribution >= 0.6 is 0 Å². The van der Waals surface area contributed by atoms with Gasteiger partial charge in [-0.25, -0.2) is 0 Å². The van der Waals surface area contributed by atoms with Crippen molar-refractivity contribution in [3.05, 3.63) is 95.1 Å². The topological polar surface area (TPSA) is 93.5 Å². The molecule has 1 fully saturated rings. The molecule has 1 saturated carbocycles. The Morgan fingerprint density at radius 3 is 2.64 bits per heavy atom. The average molecular weight is 446 g/mol. The van der Waals surface area contributed by atoms with Gasteiger partial charge in [-0.1, -0.05) is 30.9 Å². The van der Waals surface area contributed by atoms with E-state index in [-0.39, 0.29) is 11.8 Å².